The summed E-state index contributed by atoms with van der Waals surface area (Å²) in [6, 6.07) is 8.28. The normalized spacial score (nSPS) is 17.7. The van der Waals surface area contributed by atoms with Gasteiger partial charge in [0.05, 0.1) is 0 Å². The summed E-state index contributed by atoms with van der Waals surface area (Å²) in [5.74, 6) is 0.868. The van der Waals surface area contributed by atoms with Gasteiger partial charge in [-0.25, -0.2) is 0 Å². The lowest BCUT2D eigenvalue weighted by molar-refractivity contribution is -0.131. The van der Waals surface area contributed by atoms with Crippen LogP contribution in [0.25, 0.3) is 0 Å². The van der Waals surface area contributed by atoms with Gasteiger partial charge in [-0.1, -0.05) is 37.1 Å². The number of nitrogens with two attached hydrogens (primary N) is 1. The number of nitrogens with zero attached hydrogens (tertiary/aromatic N) is 3. The van der Waals surface area contributed by atoms with Gasteiger partial charge in [0.15, 0.2) is 5.96 Å². The summed E-state index contributed by atoms with van der Waals surface area (Å²) in [5.41, 5.74) is 8.64. The van der Waals surface area contributed by atoms with E-state index in [0.717, 1.165) is 32.6 Å². The number of rotatable bonds is 4. The zero-order valence-electron chi connectivity index (χ0n) is 14.8. The smallest absolute Gasteiger partial charge is 0.223 e. The van der Waals surface area contributed by atoms with E-state index in [1.54, 1.807) is 0 Å². The van der Waals surface area contributed by atoms with Crippen LogP contribution in [0, 0.1) is 0 Å². The Morgan fingerprint density at radius 3 is 2.20 bits per heavy atom. The van der Waals surface area contributed by atoms with Crippen molar-refractivity contribution >= 4 is 35.8 Å². The number of fused-ring (bicyclic) bond motifs is 1. The van der Waals surface area contributed by atoms with Crippen LogP contribution in [0.15, 0.2) is 29.3 Å². The third-order valence-corrected chi connectivity index (χ3v) is 4.95. The van der Waals surface area contributed by atoms with Gasteiger partial charge in [0.1, 0.15) is 0 Å². The fourth-order valence-electron chi connectivity index (χ4n) is 3.49. The number of amides is 1. The standard InChI is InChI=1S/C19H28N4O.HI/c20-19(22-12-5-1-2-6-13-22)21-11-7-10-18(24)23-14-16-8-3-4-9-17(16)15-23;/h3-4,8-9H,1-2,5-7,10-15H2,(H2,20,21);1H. The minimum Gasteiger partial charge on any atom is -0.370 e. The first kappa shape index (κ1) is 20.0. The maximum atomic E-state index is 12.3. The predicted molar refractivity (Wildman–Crippen MR) is 112 cm³/mol. The van der Waals surface area contributed by atoms with Gasteiger partial charge < -0.3 is 15.5 Å². The predicted octanol–water partition coefficient (Wildman–Crippen LogP) is 3.12. The molecule has 0 spiro atoms. The number of guanidine groups is 1. The largest absolute Gasteiger partial charge is 0.370 e. The molecule has 0 unspecified atom stereocenters. The second kappa shape index (κ2) is 9.99. The average Bonchev–Trinajstić information content (AvgIpc) is 2.84. The number of hydrogen-bond acceptors (Lipinski definition) is 2. The Balaban J connectivity index is 0.00000225. The lowest BCUT2D eigenvalue weighted by atomic mass is 10.1. The zero-order chi connectivity index (χ0) is 16.8. The second-order valence-electron chi connectivity index (χ2n) is 6.76. The Morgan fingerprint density at radius 2 is 1.60 bits per heavy atom. The molecule has 0 saturated carbocycles. The molecule has 0 bridgehead atoms. The number of carbonyl (C=O) groups is 1. The molecule has 0 aliphatic carbocycles. The highest BCUT2D eigenvalue weighted by Crippen LogP contribution is 2.22. The van der Waals surface area contributed by atoms with Crippen LogP contribution in [0.4, 0.5) is 0 Å². The molecule has 138 valence electrons. The van der Waals surface area contributed by atoms with Crippen molar-refractivity contribution in [2.24, 2.45) is 10.7 Å². The van der Waals surface area contributed by atoms with Gasteiger partial charge in [0.25, 0.3) is 0 Å². The van der Waals surface area contributed by atoms with Crippen molar-refractivity contribution < 1.29 is 4.79 Å². The van der Waals surface area contributed by atoms with Gasteiger partial charge in [0.2, 0.25) is 5.91 Å². The van der Waals surface area contributed by atoms with Crippen LogP contribution in [0.2, 0.25) is 0 Å². The van der Waals surface area contributed by atoms with Crippen molar-refractivity contribution in [1.82, 2.24) is 9.80 Å². The van der Waals surface area contributed by atoms with E-state index in [4.69, 9.17) is 5.73 Å². The Hall–Kier alpha value is -1.31. The summed E-state index contributed by atoms with van der Waals surface area (Å²) in [4.78, 5) is 20.9. The average molecular weight is 456 g/mol. The van der Waals surface area contributed by atoms with Gasteiger partial charge >= 0.3 is 0 Å². The molecule has 25 heavy (non-hydrogen) atoms. The fourth-order valence-corrected chi connectivity index (χ4v) is 3.49. The van der Waals surface area contributed by atoms with Crippen molar-refractivity contribution in [2.45, 2.75) is 51.6 Å². The molecule has 1 aromatic carbocycles. The van der Waals surface area contributed by atoms with Gasteiger partial charge in [0, 0.05) is 39.1 Å². The maximum Gasteiger partial charge on any atom is 0.223 e. The van der Waals surface area contributed by atoms with Crippen molar-refractivity contribution in [2.75, 3.05) is 19.6 Å². The Bertz CT molecular complexity index is 572. The van der Waals surface area contributed by atoms with E-state index in [1.165, 1.54) is 36.8 Å². The van der Waals surface area contributed by atoms with Gasteiger partial charge in [-0.3, -0.25) is 9.79 Å². The highest BCUT2D eigenvalue weighted by molar-refractivity contribution is 14.0. The van der Waals surface area contributed by atoms with E-state index < -0.39 is 0 Å². The molecular formula is C19H29IN4O. The van der Waals surface area contributed by atoms with Crippen molar-refractivity contribution in [3.8, 4) is 0 Å². The molecule has 1 aromatic rings. The number of benzene rings is 1. The molecule has 5 nitrogen and oxygen atoms in total. The quantitative estimate of drug-likeness (QED) is 0.328. The van der Waals surface area contributed by atoms with E-state index in [-0.39, 0.29) is 29.9 Å². The topological polar surface area (TPSA) is 61.9 Å². The van der Waals surface area contributed by atoms with E-state index in [2.05, 4.69) is 22.0 Å². The molecule has 2 N–H and O–H groups in total. The molecule has 3 rings (SSSR count). The summed E-state index contributed by atoms with van der Waals surface area (Å²) in [5, 5.41) is 0. The number of likely N-dealkylation sites (tertiary alicyclic amines) is 1. The molecule has 6 heteroatoms. The Morgan fingerprint density at radius 1 is 1.00 bits per heavy atom. The van der Waals surface area contributed by atoms with Gasteiger partial charge in [-0.05, 0) is 30.4 Å². The first-order chi connectivity index (χ1) is 11.7. The highest BCUT2D eigenvalue weighted by Gasteiger charge is 2.22. The van der Waals surface area contributed by atoms with Crippen LogP contribution in [0.3, 0.4) is 0 Å². The molecule has 1 saturated heterocycles. The van der Waals surface area contributed by atoms with Crippen LogP contribution >= 0.6 is 24.0 Å². The molecular weight excluding hydrogens is 427 g/mol. The number of hydrogen-bond donors (Lipinski definition) is 1. The number of aliphatic imine (C=N–C) groups is 1. The van der Waals surface area contributed by atoms with E-state index in [9.17, 15) is 4.79 Å². The molecule has 2 heterocycles. The van der Waals surface area contributed by atoms with Gasteiger partial charge in [-0.2, -0.15) is 0 Å². The van der Waals surface area contributed by atoms with Gasteiger partial charge in [-0.15, -0.1) is 24.0 Å². The van der Waals surface area contributed by atoms with Crippen LogP contribution in [-0.4, -0.2) is 41.3 Å². The summed E-state index contributed by atoms with van der Waals surface area (Å²) in [7, 11) is 0. The maximum absolute atomic E-state index is 12.3. The van der Waals surface area contributed by atoms with Crippen molar-refractivity contribution in [1.29, 1.82) is 0 Å². The fraction of sp³-hybridized carbons (Fsp3) is 0.579. The van der Waals surface area contributed by atoms with Crippen LogP contribution < -0.4 is 5.73 Å². The second-order valence-corrected chi connectivity index (χ2v) is 6.76. The van der Waals surface area contributed by atoms with Crippen LogP contribution in [-0.2, 0) is 17.9 Å². The van der Waals surface area contributed by atoms with Crippen molar-refractivity contribution in [3.05, 3.63) is 35.4 Å². The van der Waals surface area contributed by atoms with E-state index >= 15 is 0 Å². The lowest BCUT2D eigenvalue weighted by Crippen LogP contribution is -2.38. The van der Waals surface area contributed by atoms with Crippen molar-refractivity contribution in [3.63, 3.8) is 0 Å². The number of halogens is 1. The minimum atomic E-state index is 0. The third kappa shape index (κ3) is 5.59. The molecule has 2 aliphatic rings. The molecule has 0 atom stereocenters. The first-order valence-corrected chi connectivity index (χ1v) is 9.13. The van der Waals surface area contributed by atoms with Crippen LogP contribution in [0.1, 0.15) is 49.7 Å². The molecule has 1 fully saturated rings. The minimum absolute atomic E-state index is 0. The first-order valence-electron chi connectivity index (χ1n) is 9.13. The monoisotopic (exact) mass is 456 g/mol. The third-order valence-electron chi connectivity index (χ3n) is 4.95. The molecule has 2 aliphatic heterocycles. The SMILES string of the molecule is I.NC(=NCCCC(=O)N1Cc2ccccc2C1)N1CCCCCC1. The summed E-state index contributed by atoms with van der Waals surface area (Å²) < 4.78 is 0. The van der Waals surface area contributed by atoms with E-state index in [0.29, 0.717) is 18.9 Å². The zero-order valence-corrected chi connectivity index (χ0v) is 17.2. The van der Waals surface area contributed by atoms with Crippen LogP contribution in [0.5, 0.6) is 0 Å². The Labute approximate surface area is 167 Å². The summed E-state index contributed by atoms with van der Waals surface area (Å²) in [6.45, 7) is 4.15. The molecule has 0 aromatic heterocycles. The lowest BCUT2D eigenvalue weighted by Gasteiger charge is -2.21. The highest BCUT2D eigenvalue weighted by atomic mass is 127. The summed E-state index contributed by atoms with van der Waals surface area (Å²) in [6.07, 6.45) is 6.28. The summed E-state index contributed by atoms with van der Waals surface area (Å²) >= 11 is 0. The Kier molecular flexibility index (Phi) is 7.99. The molecule has 1 amide bonds. The number of carbonyl (C=O) groups excluding carboxylic acids is 1. The molecule has 0 radical (unpaired) electrons. The van der Waals surface area contributed by atoms with E-state index in [1.807, 2.05) is 17.0 Å².